The quantitative estimate of drug-likeness (QED) is 0.739. The number of rotatable bonds is 6. The molecule has 1 saturated heterocycles. The molecule has 2 unspecified atom stereocenters. The van der Waals surface area contributed by atoms with Crippen LogP contribution in [0, 0.1) is 0 Å². The van der Waals surface area contributed by atoms with Gasteiger partial charge in [0.1, 0.15) is 0 Å². The highest BCUT2D eigenvalue weighted by atomic mass is 16.5. The second-order valence-electron chi connectivity index (χ2n) is 4.20. The van der Waals surface area contributed by atoms with Crippen LogP contribution in [0.3, 0.4) is 0 Å². The molecule has 6 heteroatoms. The maximum Gasteiger partial charge on any atom is 0.243 e. The number of aryl methyl sites for hydroxylation is 1. The predicted octanol–water partition coefficient (Wildman–Crippen LogP) is 0.698. The monoisotopic (exact) mass is 241 g/mol. The van der Waals surface area contributed by atoms with Crippen molar-refractivity contribution >= 4 is 0 Å². The highest BCUT2D eigenvalue weighted by molar-refractivity contribution is 4.97. The standard InChI is InChI=1S/C11H19N3O3/c1-15-5-3-4-10-13-11(17-14-10)9-6-8(16-2)7-12-9/h8-9,12H,3-7H2,1-2H3. The van der Waals surface area contributed by atoms with Gasteiger partial charge in [-0.3, -0.25) is 0 Å². The largest absolute Gasteiger partial charge is 0.385 e. The summed E-state index contributed by atoms with van der Waals surface area (Å²) >= 11 is 0. The van der Waals surface area contributed by atoms with Crippen molar-refractivity contribution < 1.29 is 14.0 Å². The zero-order valence-corrected chi connectivity index (χ0v) is 10.3. The minimum absolute atomic E-state index is 0.128. The molecule has 1 aromatic heterocycles. The molecule has 1 fully saturated rings. The number of hydrogen-bond acceptors (Lipinski definition) is 6. The summed E-state index contributed by atoms with van der Waals surface area (Å²) in [6, 6.07) is 0.128. The number of methoxy groups -OCH3 is 2. The molecule has 0 radical (unpaired) electrons. The van der Waals surface area contributed by atoms with Crippen LogP contribution in [0.25, 0.3) is 0 Å². The Kier molecular flexibility index (Phi) is 4.47. The minimum atomic E-state index is 0.128. The van der Waals surface area contributed by atoms with Crippen LogP contribution in [0.2, 0.25) is 0 Å². The molecular formula is C11H19N3O3. The van der Waals surface area contributed by atoms with E-state index in [1.54, 1.807) is 14.2 Å². The average molecular weight is 241 g/mol. The summed E-state index contributed by atoms with van der Waals surface area (Å²) in [6.45, 7) is 1.56. The van der Waals surface area contributed by atoms with Crippen LogP contribution >= 0.6 is 0 Å². The first-order valence-corrected chi connectivity index (χ1v) is 5.91. The van der Waals surface area contributed by atoms with Gasteiger partial charge in [0.05, 0.1) is 12.1 Å². The molecule has 6 nitrogen and oxygen atoms in total. The summed E-state index contributed by atoms with van der Waals surface area (Å²) in [7, 11) is 3.41. The lowest BCUT2D eigenvalue weighted by Crippen LogP contribution is -2.16. The second kappa shape index (κ2) is 6.09. The topological polar surface area (TPSA) is 69.4 Å². The normalized spacial score (nSPS) is 24.4. The van der Waals surface area contributed by atoms with Gasteiger partial charge in [-0.25, -0.2) is 0 Å². The lowest BCUT2D eigenvalue weighted by Gasteiger charge is -2.04. The number of aromatic nitrogens is 2. The van der Waals surface area contributed by atoms with E-state index >= 15 is 0 Å². The fourth-order valence-corrected chi connectivity index (χ4v) is 1.96. The molecular weight excluding hydrogens is 222 g/mol. The molecule has 17 heavy (non-hydrogen) atoms. The van der Waals surface area contributed by atoms with Gasteiger partial charge in [0, 0.05) is 33.8 Å². The summed E-state index contributed by atoms with van der Waals surface area (Å²) in [6.07, 6.45) is 2.83. The van der Waals surface area contributed by atoms with Gasteiger partial charge >= 0.3 is 0 Å². The van der Waals surface area contributed by atoms with E-state index in [1.807, 2.05) is 0 Å². The molecule has 0 saturated carbocycles. The highest BCUT2D eigenvalue weighted by Gasteiger charge is 2.29. The van der Waals surface area contributed by atoms with Crippen LogP contribution in [0.4, 0.5) is 0 Å². The molecule has 1 aliphatic heterocycles. The molecule has 1 N–H and O–H groups in total. The van der Waals surface area contributed by atoms with Crippen molar-refractivity contribution in [3.8, 4) is 0 Å². The van der Waals surface area contributed by atoms with E-state index in [0.717, 1.165) is 38.2 Å². The van der Waals surface area contributed by atoms with Crippen molar-refractivity contribution in [1.29, 1.82) is 0 Å². The maximum absolute atomic E-state index is 5.28. The van der Waals surface area contributed by atoms with Gasteiger partial charge in [0.25, 0.3) is 0 Å². The van der Waals surface area contributed by atoms with Gasteiger partial charge in [0.2, 0.25) is 5.89 Å². The van der Waals surface area contributed by atoms with Crippen molar-refractivity contribution in [1.82, 2.24) is 15.5 Å². The summed E-state index contributed by atoms with van der Waals surface area (Å²) in [5, 5.41) is 7.27. The van der Waals surface area contributed by atoms with Gasteiger partial charge < -0.3 is 19.3 Å². The molecule has 2 rings (SSSR count). The van der Waals surface area contributed by atoms with E-state index in [-0.39, 0.29) is 12.1 Å². The maximum atomic E-state index is 5.28. The zero-order chi connectivity index (χ0) is 12.1. The Morgan fingerprint density at radius 2 is 2.35 bits per heavy atom. The highest BCUT2D eigenvalue weighted by Crippen LogP contribution is 2.23. The van der Waals surface area contributed by atoms with Crippen molar-refractivity contribution in [2.45, 2.75) is 31.4 Å². The summed E-state index contributed by atoms with van der Waals surface area (Å²) < 4.78 is 15.5. The Balaban J connectivity index is 1.85. The lowest BCUT2D eigenvalue weighted by atomic mass is 10.2. The number of nitrogens with zero attached hydrogens (tertiary/aromatic N) is 2. The summed E-state index contributed by atoms with van der Waals surface area (Å²) in [4.78, 5) is 4.38. The van der Waals surface area contributed by atoms with Gasteiger partial charge in [-0.2, -0.15) is 4.98 Å². The van der Waals surface area contributed by atoms with E-state index in [2.05, 4.69) is 15.5 Å². The van der Waals surface area contributed by atoms with Crippen molar-refractivity contribution in [3.05, 3.63) is 11.7 Å². The SMILES string of the molecule is COCCCc1noc(C2CC(OC)CN2)n1. The fourth-order valence-electron chi connectivity index (χ4n) is 1.96. The van der Waals surface area contributed by atoms with Crippen LogP contribution in [0.1, 0.15) is 30.6 Å². The molecule has 0 spiro atoms. The van der Waals surface area contributed by atoms with E-state index in [4.69, 9.17) is 14.0 Å². The summed E-state index contributed by atoms with van der Waals surface area (Å²) in [5.74, 6) is 1.41. The lowest BCUT2D eigenvalue weighted by molar-refractivity contribution is 0.116. The van der Waals surface area contributed by atoms with E-state index < -0.39 is 0 Å². The van der Waals surface area contributed by atoms with Gasteiger partial charge in [-0.15, -0.1) is 0 Å². The first kappa shape index (κ1) is 12.5. The van der Waals surface area contributed by atoms with Crippen LogP contribution in [0.15, 0.2) is 4.52 Å². The first-order chi connectivity index (χ1) is 8.33. The Hall–Kier alpha value is -0.980. The van der Waals surface area contributed by atoms with Gasteiger partial charge in [-0.05, 0) is 12.8 Å². The first-order valence-electron chi connectivity index (χ1n) is 5.91. The third kappa shape index (κ3) is 3.24. The van der Waals surface area contributed by atoms with Crippen LogP contribution in [0.5, 0.6) is 0 Å². The van der Waals surface area contributed by atoms with Crippen LogP contribution in [-0.4, -0.2) is 43.6 Å². The van der Waals surface area contributed by atoms with Crippen LogP contribution in [-0.2, 0) is 15.9 Å². The molecule has 2 atom stereocenters. The molecule has 2 heterocycles. The second-order valence-corrected chi connectivity index (χ2v) is 4.20. The van der Waals surface area contributed by atoms with E-state index in [0.29, 0.717) is 5.89 Å². The molecule has 0 aliphatic carbocycles. The average Bonchev–Trinajstić information content (AvgIpc) is 2.97. The Morgan fingerprint density at radius 3 is 3.06 bits per heavy atom. The van der Waals surface area contributed by atoms with Crippen LogP contribution < -0.4 is 5.32 Å². The predicted molar refractivity (Wildman–Crippen MR) is 60.7 cm³/mol. The molecule has 0 aromatic carbocycles. The minimum Gasteiger partial charge on any atom is -0.385 e. The fraction of sp³-hybridized carbons (Fsp3) is 0.818. The van der Waals surface area contributed by atoms with Crippen molar-refractivity contribution in [2.75, 3.05) is 27.4 Å². The smallest absolute Gasteiger partial charge is 0.243 e. The summed E-state index contributed by atoms with van der Waals surface area (Å²) in [5.41, 5.74) is 0. The van der Waals surface area contributed by atoms with Gasteiger partial charge in [0.15, 0.2) is 5.82 Å². The number of ether oxygens (including phenoxy) is 2. The molecule has 0 amide bonds. The van der Waals surface area contributed by atoms with Gasteiger partial charge in [-0.1, -0.05) is 5.16 Å². The Bertz CT molecular complexity index is 342. The Morgan fingerprint density at radius 1 is 1.47 bits per heavy atom. The van der Waals surface area contributed by atoms with Crippen molar-refractivity contribution in [2.24, 2.45) is 0 Å². The molecule has 0 bridgehead atoms. The molecule has 1 aromatic rings. The number of nitrogens with one attached hydrogen (secondary N) is 1. The zero-order valence-electron chi connectivity index (χ0n) is 10.3. The van der Waals surface area contributed by atoms with Crippen molar-refractivity contribution in [3.63, 3.8) is 0 Å². The van der Waals surface area contributed by atoms with E-state index in [9.17, 15) is 0 Å². The Labute approximate surface area is 101 Å². The van der Waals surface area contributed by atoms with E-state index in [1.165, 1.54) is 0 Å². The number of hydrogen-bond donors (Lipinski definition) is 1. The third-order valence-corrected chi connectivity index (χ3v) is 2.95. The molecule has 1 aliphatic rings. The molecule has 96 valence electrons. The third-order valence-electron chi connectivity index (χ3n) is 2.95.